The molecular formula is C12H26N2S. The van der Waals surface area contributed by atoms with Crippen LogP contribution in [0.15, 0.2) is 0 Å². The highest BCUT2D eigenvalue weighted by atomic mass is 32.2. The van der Waals surface area contributed by atoms with E-state index >= 15 is 0 Å². The highest BCUT2D eigenvalue weighted by Crippen LogP contribution is 2.27. The van der Waals surface area contributed by atoms with Crippen LogP contribution in [0.5, 0.6) is 0 Å². The number of hydrogen-bond acceptors (Lipinski definition) is 3. The van der Waals surface area contributed by atoms with Crippen molar-refractivity contribution in [2.75, 3.05) is 32.4 Å². The van der Waals surface area contributed by atoms with E-state index in [0.29, 0.717) is 5.41 Å². The Morgan fingerprint density at radius 3 is 2.67 bits per heavy atom. The van der Waals surface area contributed by atoms with Crippen LogP contribution in [0.3, 0.4) is 0 Å². The molecule has 0 aromatic carbocycles. The van der Waals surface area contributed by atoms with Gasteiger partial charge in [-0.1, -0.05) is 20.8 Å². The summed E-state index contributed by atoms with van der Waals surface area (Å²) in [6.07, 6.45) is 0. The minimum absolute atomic E-state index is 0.380. The van der Waals surface area contributed by atoms with E-state index in [1.807, 2.05) is 7.05 Å². The Labute approximate surface area is 99.2 Å². The van der Waals surface area contributed by atoms with Crippen LogP contribution in [-0.4, -0.2) is 48.6 Å². The monoisotopic (exact) mass is 230 g/mol. The third kappa shape index (κ3) is 3.97. The van der Waals surface area contributed by atoms with Gasteiger partial charge in [-0.15, -0.1) is 0 Å². The van der Waals surface area contributed by atoms with E-state index in [-0.39, 0.29) is 0 Å². The first-order valence-corrected chi connectivity index (χ1v) is 7.01. The van der Waals surface area contributed by atoms with Gasteiger partial charge in [-0.3, -0.25) is 4.90 Å². The molecule has 15 heavy (non-hydrogen) atoms. The van der Waals surface area contributed by atoms with Gasteiger partial charge in [0.25, 0.3) is 0 Å². The fraction of sp³-hybridized carbons (Fsp3) is 1.00. The van der Waals surface area contributed by atoms with Gasteiger partial charge in [-0.05, 0) is 19.4 Å². The molecule has 1 fully saturated rings. The summed E-state index contributed by atoms with van der Waals surface area (Å²) in [5.41, 5.74) is 0.380. The first-order valence-electron chi connectivity index (χ1n) is 5.96. The highest BCUT2D eigenvalue weighted by molar-refractivity contribution is 8.00. The number of hydrogen-bond donors (Lipinski definition) is 1. The predicted octanol–water partition coefficient (Wildman–Crippen LogP) is 2.06. The van der Waals surface area contributed by atoms with Gasteiger partial charge in [-0.2, -0.15) is 11.8 Å². The number of rotatable bonds is 4. The molecule has 0 amide bonds. The van der Waals surface area contributed by atoms with Crippen LogP contribution in [0.2, 0.25) is 0 Å². The van der Waals surface area contributed by atoms with Gasteiger partial charge >= 0.3 is 0 Å². The second-order valence-electron chi connectivity index (χ2n) is 5.48. The van der Waals surface area contributed by atoms with Crippen molar-refractivity contribution in [2.24, 2.45) is 5.41 Å². The van der Waals surface area contributed by atoms with Crippen LogP contribution >= 0.6 is 11.8 Å². The molecule has 0 aromatic rings. The van der Waals surface area contributed by atoms with E-state index in [1.54, 1.807) is 0 Å². The molecule has 0 aromatic heterocycles. The molecular weight excluding hydrogens is 204 g/mol. The minimum atomic E-state index is 0.380. The zero-order valence-corrected chi connectivity index (χ0v) is 11.7. The Kier molecular flexibility index (Phi) is 4.94. The fourth-order valence-electron chi connectivity index (χ4n) is 2.30. The summed E-state index contributed by atoms with van der Waals surface area (Å²) in [5.74, 6) is 1.29. The third-order valence-corrected chi connectivity index (χ3v) is 4.64. The molecule has 1 N–H and O–H groups in total. The lowest BCUT2D eigenvalue weighted by atomic mass is 9.92. The summed E-state index contributed by atoms with van der Waals surface area (Å²) in [5, 5.41) is 4.07. The van der Waals surface area contributed by atoms with E-state index in [4.69, 9.17) is 0 Å². The van der Waals surface area contributed by atoms with Crippen molar-refractivity contribution in [3.05, 3.63) is 0 Å². The average molecular weight is 230 g/mol. The molecule has 0 aliphatic carbocycles. The zero-order valence-electron chi connectivity index (χ0n) is 10.8. The average Bonchev–Trinajstić information content (AvgIpc) is 2.12. The predicted molar refractivity (Wildman–Crippen MR) is 70.7 cm³/mol. The van der Waals surface area contributed by atoms with Crippen LogP contribution < -0.4 is 5.32 Å². The molecule has 0 radical (unpaired) electrons. The fourth-order valence-corrected chi connectivity index (χ4v) is 3.47. The van der Waals surface area contributed by atoms with Gasteiger partial charge in [0.1, 0.15) is 0 Å². The molecule has 0 saturated carbocycles. The lowest BCUT2D eigenvalue weighted by Crippen LogP contribution is -2.50. The zero-order chi connectivity index (χ0) is 11.5. The second-order valence-corrected chi connectivity index (χ2v) is 6.97. The molecule has 2 atom stereocenters. The third-order valence-electron chi connectivity index (χ3n) is 3.30. The van der Waals surface area contributed by atoms with E-state index in [9.17, 15) is 0 Å². The van der Waals surface area contributed by atoms with Crippen LogP contribution in [0.1, 0.15) is 27.7 Å². The topological polar surface area (TPSA) is 15.3 Å². The standard InChI is InChI=1S/C12H26N2S/c1-10-11(2)15-7-6-14(10)9-12(3,4)8-13-5/h10-11,13H,6-9H2,1-5H3. The van der Waals surface area contributed by atoms with Crippen molar-refractivity contribution < 1.29 is 0 Å². The molecule has 2 unspecified atom stereocenters. The molecule has 1 saturated heterocycles. The van der Waals surface area contributed by atoms with Crippen LogP contribution in [0.25, 0.3) is 0 Å². The van der Waals surface area contributed by atoms with Crippen LogP contribution in [0.4, 0.5) is 0 Å². The van der Waals surface area contributed by atoms with Gasteiger partial charge in [0.05, 0.1) is 0 Å². The molecule has 0 spiro atoms. The molecule has 3 heteroatoms. The summed E-state index contributed by atoms with van der Waals surface area (Å²) < 4.78 is 0. The van der Waals surface area contributed by atoms with Crippen molar-refractivity contribution in [3.8, 4) is 0 Å². The maximum Gasteiger partial charge on any atom is 0.0184 e. The first kappa shape index (κ1) is 13.3. The summed E-state index contributed by atoms with van der Waals surface area (Å²) in [6.45, 7) is 13.0. The quantitative estimate of drug-likeness (QED) is 0.796. The lowest BCUT2D eigenvalue weighted by Gasteiger charge is -2.41. The Morgan fingerprint density at radius 1 is 1.40 bits per heavy atom. The number of thioether (sulfide) groups is 1. The molecule has 90 valence electrons. The SMILES string of the molecule is CNCC(C)(C)CN1CCSC(C)C1C. The summed E-state index contributed by atoms with van der Waals surface area (Å²) in [4.78, 5) is 2.65. The van der Waals surface area contributed by atoms with Crippen LogP contribution in [-0.2, 0) is 0 Å². The normalized spacial score (nSPS) is 29.4. The first-order chi connectivity index (χ1) is 6.96. The van der Waals surface area contributed by atoms with Crippen molar-refractivity contribution in [2.45, 2.75) is 39.0 Å². The van der Waals surface area contributed by atoms with Gasteiger partial charge in [0, 0.05) is 36.7 Å². The Hall–Kier alpha value is 0.270. The van der Waals surface area contributed by atoms with Crippen LogP contribution in [0, 0.1) is 5.41 Å². The molecule has 2 nitrogen and oxygen atoms in total. The molecule has 1 aliphatic heterocycles. The highest BCUT2D eigenvalue weighted by Gasteiger charge is 2.29. The molecule has 1 aliphatic rings. The molecule has 1 rings (SSSR count). The maximum absolute atomic E-state index is 3.29. The number of nitrogens with zero attached hydrogens (tertiary/aromatic N) is 1. The van der Waals surface area contributed by atoms with Crippen molar-refractivity contribution in [3.63, 3.8) is 0 Å². The summed E-state index contributed by atoms with van der Waals surface area (Å²) in [6, 6.07) is 0.722. The minimum Gasteiger partial charge on any atom is -0.319 e. The van der Waals surface area contributed by atoms with E-state index in [0.717, 1.165) is 17.8 Å². The van der Waals surface area contributed by atoms with Gasteiger partial charge < -0.3 is 5.32 Å². The Morgan fingerprint density at radius 2 is 2.07 bits per heavy atom. The van der Waals surface area contributed by atoms with Gasteiger partial charge in [0.2, 0.25) is 0 Å². The Bertz CT molecular complexity index is 194. The smallest absolute Gasteiger partial charge is 0.0184 e. The van der Waals surface area contributed by atoms with E-state index in [2.05, 4.69) is 49.7 Å². The molecule has 0 bridgehead atoms. The number of nitrogens with one attached hydrogen (secondary N) is 1. The van der Waals surface area contributed by atoms with E-state index in [1.165, 1.54) is 18.8 Å². The van der Waals surface area contributed by atoms with Crippen molar-refractivity contribution >= 4 is 11.8 Å². The summed E-state index contributed by atoms with van der Waals surface area (Å²) in [7, 11) is 2.04. The lowest BCUT2D eigenvalue weighted by molar-refractivity contribution is 0.139. The largest absolute Gasteiger partial charge is 0.319 e. The summed E-state index contributed by atoms with van der Waals surface area (Å²) >= 11 is 2.11. The van der Waals surface area contributed by atoms with Crippen molar-refractivity contribution in [1.82, 2.24) is 10.2 Å². The maximum atomic E-state index is 3.29. The second kappa shape index (κ2) is 5.55. The van der Waals surface area contributed by atoms with E-state index < -0.39 is 0 Å². The molecule has 1 heterocycles. The van der Waals surface area contributed by atoms with Gasteiger partial charge in [-0.25, -0.2) is 0 Å². The van der Waals surface area contributed by atoms with Crippen molar-refractivity contribution in [1.29, 1.82) is 0 Å². The van der Waals surface area contributed by atoms with Gasteiger partial charge in [0.15, 0.2) is 0 Å². The Balaban J connectivity index is 2.49.